The monoisotopic (exact) mass is 371 g/mol. The predicted octanol–water partition coefficient (Wildman–Crippen LogP) is 1.39. The van der Waals surface area contributed by atoms with Gasteiger partial charge in [-0.2, -0.15) is 0 Å². The molecule has 0 radical (unpaired) electrons. The van der Waals surface area contributed by atoms with Crippen molar-refractivity contribution in [2.45, 2.75) is 44.3 Å². The van der Waals surface area contributed by atoms with Crippen LogP contribution in [-0.2, 0) is 20.7 Å². The second kappa shape index (κ2) is 8.58. The minimum atomic E-state index is 0.121. The standard InChI is InChI=1S/C19H25N5O3/c25-19(11-15-5-7-16(8-6-15)24-14-20-21-22-24)23(12-17-3-1-9-26-17)13-18-4-2-10-27-18/h5-8,14,17-18H,1-4,9-13H2/t17-,18+. The van der Waals surface area contributed by atoms with Crippen LogP contribution in [0, 0.1) is 0 Å². The molecular weight excluding hydrogens is 346 g/mol. The molecule has 0 aliphatic carbocycles. The molecular formula is C19H25N5O3. The minimum Gasteiger partial charge on any atom is -0.376 e. The first kappa shape index (κ1) is 18.1. The SMILES string of the molecule is O=C(Cc1ccc(-n2cnnn2)cc1)N(C[C@H]1CCCO1)C[C@@H]1CCCO1. The molecule has 0 unspecified atom stereocenters. The molecule has 0 N–H and O–H groups in total. The lowest BCUT2D eigenvalue weighted by Gasteiger charge is -2.28. The zero-order valence-electron chi connectivity index (χ0n) is 15.4. The van der Waals surface area contributed by atoms with E-state index in [0.717, 1.165) is 50.1 Å². The Balaban J connectivity index is 1.40. The van der Waals surface area contributed by atoms with Crippen molar-refractivity contribution in [2.24, 2.45) is 0 Å². The van der Waals surface area contributed by atoms with Crippen LogP contribution in [0.1, 0.15) is 31.2 Å². The van der Waals surface area contributed by atoms with E-state index in [1.807, 2.05) is 29.2 Å². The molecule has 4 rings (SSSR count). The zero-order valence-corrected chi connectivity index (χ0v) is 15.4. The lowest BCUT2D eigenvalue weighted by molar-refractivity contribution is -0.133. The maximum absolute atomic E-state index is 13.0. The van der Waals surface area contributed by atoms with Crippen molar-refractivity contribution in [1.82, 2.24) is 25.1 Å². The molecule has 1 aromatic heterocycles. The quantitative estimate of drug-likeness (QED) is 0.732. The summed E-state index contributed by atoms with van der Waals surface area (Å²) in [4.78, 5) is 14.9. The van der Waals surface area contributed by atoms with Crippen LogP contribution in [0.3, 0.4) is 0 Å². The Morgan fingerprint density at radius 2 is 1.74 bits per heavy atom. The van der Waals surface area contributed by atoms with E-state index in [1.165, 1.54) is 0 Å². The van der Waals surface area contributed by atoms with Gasteiger partial charge in [0, 0.05) is 26.3 Å². The summed E-state index contributed by atoms with van der Waals surface area (Å²) < 4.78 is 13.1. The van der Waals surface area contributed by atoms with Crippen LogP contribution in [0.4, 0.5) is 0 Å². The highest BCUT2D eigenvalue weighted by Crippen LogP contribution is 2.18. The van der Waals surface area contributed by atoms with Crippen LogP contribution in [0.25, 0.3) is 5.69 Å². The van der Waals surface area contributed by atoms with Crippen LogP contribution >= 0.6 is 0 Å². The first-order chi connectivity index (χ1) is 13.3. The maximum atomic E-state index is 13.0. The topological polar surface area (TPSA) is 82.4 Å². The second-order valence-corrected chi connectivity index (χ2v) is 7.17. The molecule has 8 heteroatoms. The summed E-state index contributed by atoms with van der Waals surface area (Å²) in [7, 11) is 0. The molecule has 2 fully saturated rings. The summed E-state index contributed by atoms with van der Waals surface area (Å²) in [5.74, 6) is 0.121. The van der Waals surface area contributed by atoms with Gasteiger partial charge in [0.25, 0.3) is 0 Å². The van der Waals surface area contributed by atoms with E-state index >= 15 is 0 Å². The van der Waals surface area contributed by atoms with Gasteiger partial charge in [0.1, 0.15) is 6.33 Å². The van der Waals surface area contributed by atoms with Crippen molar-refractivity contribution in [3.8, 4) is 5.69 Å². The lowest BCUT2D eigenvalue weighted by Crippen LogP contribution is -2.42. The Morgan fingerprint density at radius 3 is 2.26 bits per heavy atom. The number of hydrogen-bond acceptors (Lipinski definition) is 6. The molecule has 2 aromatic rings. The summed E-state index contributed by atoms with van der Waals surface area (Å²) in [5, 5.41) is 11.1. The fourth-order valence-electron chi connectivity index (χ4n) is 3.68. The first-order valence-electron chi connectivity index (χ1n) is 9.61. The van der Waals surface area contributed by atoms with E-state index in [4.69, 9.17) is 9.47 Å². The number of tetrazole rings is 1. The average molecular weight is 371 g/mol. The highest BCUT2D eigenvalue weighted by molar-refractivity contribution is 5.79. The predicted molar refractivity (Wildman–Crippen MR) is 97.4 cm³/mol. The molecule has 27 heavy (non-hydrogen) atoms. The van der Waals surface area contributed by atoms with Crippen LogP contribution in [0.2, 0.25) is 0 Å². The molecule has 2 aliphatic rings. The second-order valence-electron chi connectivity index (χ2n) is 7.17. The van der Waals surface area contributed by atoms with Crippen molar-refractivity contribution in [3.05, 3.63) is 36.2 Å². The largest absolute Gasteiger partial charge is 0.376 e. The van der Waals surface area contributed by atoms with Gasteiger partial charge >= 0.3 is 0 Å². The maximum Gasteiger partial charge on any atom is 0.227 e. The van der Waals surface area contributed by atoms with E-state index in [9.17, 15) is 4.79 Å². The molecule has 0 saturated carbocycles. The summed E-state index contributed by atoms with van der Waals surface area (Å²) in [6.07, 6.45) is 6.41. The van der Waals surface area contributed by atoms with Crippen molar-refractivity contribution < 1.29 is 14.3 Å². The van der Waals surface area contributed by atoms with Gasteiger partial charge in [0.15, 0.2) is 0 Å². The van der Waals surface area contributed by atoms with Crippen molar-refractivity contribution in [3.63, 3.8) is 0 Å². The molecule has 2 saturated heterocycles. The van der Waals surface area contributed by atoms with Gasteiger partial charge < -0.3 is 14.4 Å². The number of carbonyl (C=O) groups excluding carboxylic acids is 1. The van der Waals surface area contributed by atoms with Gasteiger partial charge in [0.2, 0.25) is 5.91 Å². The molecule has 2 atom stereocenters. The molecule has 0 bridgehead atoms. The highest BCUT2D eigenvalue weighted by Gasteiger charge is 2.26. The fraction of sp³-hybridized carbons (Fsp3) is 0.579. The number of hydrogen-bond donors (Lipinski definition) is 0. The number of rotatable bonds is 7. The zero-order chi connectivity index (χ0) is 18.5. The van der Waals surface area contributed by atoms with Crippen LogP contribution in [-0.4, -0.2) is 69.5 Å². The molecule has 1 amide bonds. The Bertz CT molecular complexity index is 704. The number of nitrogens with zero attached hydrogens (tertiary/aromatic N) is 5. The normalized spacial score (nSPS) is 22.2. The fourth-order valence-corrected chi connectivity index (χ4v) is 3.68. The third-order valence-electron chi connectivity index (χ3n) is 5.15. The van der Waals surface area contributed by atoms with Gasteiger partial charge in [0.05, 0.1) is 24.3 Å². The molecule has 0 spiro atoms. The smallest absolute Gasteiger partial charge is 0.227 e. The van der Waals surface area contributed by atoms with Gasteiger partial charge in [-0.25, -0.2) is 4.68 Å². The summed E-state index contributed by atoms with van der Waals surface area (Å²) in [5.41, 5.74) is 1.84. The molecule has 144 valence electrons. The third-order valence-corrected chi connectivity index (χ3v) is 5.15. The average Bonchev–Trinajstić information content (AvgIpc) is 3.45. The Morgan fingerprint density at radius 1 is 1.07 bits per heavy atom. The van der Waals surface area contributed by atoms with E-state index in [-0.39, 0.29) is 18.1 Å². The van der Waals surface area contributed by atoms with E-state index < -0.39 is 0 Å². The van der Waals surface area contributed by atoms with Gasteiger partial charge in [-0.3, -0.25) is 4.79 Å². The van der Waals surface area contributed by atoms with Gasteiger partial charge in [-0.15, -0.1) is 5.10 Å². The van der Waals surface area contributed by atoms with Crippen molar-refractivity contribution in [1.29, 1.82) is 0 Å². The Labute approximate surface area is 158 Å². The number of carbonyl (C=O) groups is 1. The number of aromatic nitrogens is 4. The van der Waals surface area contributed by atoms with E-state index in [2.05, 4.69) is 15.5 Å². The summed E-state index contributed by atoms with van der Waals surface area (Å²) >= 11 is 0. The molecule has 2 aliphatic heterocycles. The van der Waals surface area contributed by atoms with Gasteiger partial charge in [-0.1, -0.05) is 12.1 Å². The van der Waals surface area contributed by atoms with Crippen LogP contribution in [0.15, 0.2) is 30.6 Å². The summed E-state index contributed by atoms with van der Waals surface area (Å²) in [6, 6.07) is 7.74. The number of benzene rings is 1. The Kier molecular flexibility index (Phi) is 5.74. The number of ether oxygens (including phenoxy) is 2. The van der Waals surface area contributed by atoms with E-state index in [0.29, 0.717) is 19.5 Å². The highest BCUT2D eigenvalue weighted by atomic mass is 16.5. The van der Waals surface area contributed by atoms with Gasteiger partial charge in [-0.05, 0) is 53.8 Å². The minimum absolute atomic E-state index is 0.121. The molecule has 1 aromatic carbocycles. The lowest BCUT2D eigenvalue weighted by atomic mass is 10.1. The van der Waals surface area contributed by atoms with Crippen LogP contribution in [0.5, 0.6) is 0 Å². The third kappa shape index (κ3) is 4.70. The Hall–Kier alpha value is -2.32. The molecule has 8 nitrogen and oxygen atoms in total. The van der Waals surface area contributed by atoms with Crippen molar-refractivity contribution >= 4 is 5.91 Å². The number of amides is 1. The van der Waals surface area contributed by atoms with Crippen LogP contribution < -0.4 is 0 Å². The van der Waals surface area contributed by atoms with Crippen molar-refractivity contribution in [2.75, 3.05) is 26.3 Å². The molecule has 3 heterocycles. The summed E-state index contributed by atoms with van der Waals surface area (Å²) in [6.45, 7) is 2.90. The first-order valence-corrected chi connectivity index (χ1v) is 9.61. The van der Waals surface area contributed by atoms with E-state index in [1.54, 1.807) is 11.0 Å².